The van der Waals surface area contributed by atoms with Gasteiger partial charge in [-0.2, -0.15) is 0 Å². The number of methoxy groups -OCH3 is 2. The molecule has 32 heavy (non-hydrogen) atoms. The van der Waals surface area contributed by atoms with Crippen molar-refractivity contribution in [2.24, 2.45) is 0 Å². The van der Waals surface area contributed by atoms with Crippen molar-refractivity contribution >= 4 is 28.8 Å². The number of carbonyl (C=O) groups excluding carboxylic acids is 2. The highest BCUT2D eigenvalue weighted by molar-refractivity contribution is 6.46. The minimum Gasteiger partial charge on any atom is -0.497 e. The molecule has 1 aliphatic rings. The number of hydrogen-bond acceptors (Lipinski definition) is 5. The molecule has 8 heteroatoms. The first-order chi connectivity index (χ1) is 15.4. The summed E-state index contributed by atoms with van der Waals surface area (Å²) in [5.41, 5.74) is 0.407. The van der Waals surface area contributed by atoms with Gasteiger partial charge >= 0.3 is 0 Å². The predicted molar refractivity (Wildman–Crippen MR) is 115 cm³/mol. The molecule has 3 aromatic rings. The third kappa shape index (κ3) is 3.66. The second-order valence-electron chi connectivity index (χ2n) is 6.85. The number of rotatable bonds is 6. The van der Waals surface area contributed by atoms with E-state index in [1.54, 1.807) is 48.5 Å². The van der Waals surface area contributed by atoms with Gasteiger partial charge in [0.15, 0.2) is 0 Å². The Hall–Kier alpha value is -4.20. The number of hydrogen-bond donors (Lipinski definition) is 1. The number of nitrogens with zero attached hydrogens (tertiary/aromatic N) is 1. The molecule has 6 nitrogen and oxygen atoms in total. The molecule has 0 radical (unpaired) electrons. The summed E-state index contributed by atoms with van der Waals surface area (Å²) in [6, 6.07) is 16.1. The summed E-state index contributed by atoms with van der Waals surface area (Å²) >= 11 is 0. The molecule has 0 aliphatic carbocycles. The lowest BCUT2D eigenvalue weighted by molar-refractivity contribution is -0.120. The molecule has 162 valence electrons. The quantitative estimate of drug-likeness (QED) is 0.581. The van der Waals surface area contributed by atoms with Crippen molar-refractivity contribution in [3.8, 4) is 11.5 Å². The Bertz CT molecular complexity index is 1260. The molecule has 0 aromatic heterocycles. The normalized spacial score (nSPS) is 13.6. The molecule has 0 fully saturated rings. The molecule has 2 amide bonds. The number of anilines is 2. The fraction of sp³-hybridized carbons (Fsp3) is 0.0833. The van der Waals surface area contributed by atoms with Gasteiger partial charge in [-0.25, -0.2) is 13.7 Å². The highest BCUT2D eigenvalue weighted by Gasteiger charge is 2.42. The molecule has 0 atom stereocenters. The van der Waals surface area contributed by atoms with Crippen LogP contribution < -0.4 is 19.7 Å². The summed E-state index contributed by atoms with van der Waals surface area (Å²) < 4.78 is 38.5. The summed E-state index contributed by atoms with van der Waals surface area (Å²) in [6.45, 7) is 0. The standard InChI is InChI=1S/C24H18F2N2O4/c1-31-16-7-5-6-15(13-16)27-22-21(17-8-3-4-9-20(17)32-2)23(29)28(24(22)30)19-11-10-14(25)12-18(19)26/h3-13,27H,1-2H3. The van der Waals surface area contributed by atoms with E-state index in [9.17, 15) is 18.4 Å². The van der Waals surface area contributed by atoms with Crippen LogP contribution in [0, 0.1) is 11.6 Å². The van der Waals surface area contributed by atoms with Crippen LogP contribution in [0.5, 0.6) is 11.5 Å². The van der Waals surface area contributed by atoms with Gasteiger partial charge in [0.05, 0.1) is 25.5 Å². The Morgan fingerprint density at radius 1 is 0.844 bits per heavy atom. The number of ether oxygens (including phenoxy) is 2. The fourth-order valence-corrected chi connectivity index (χ4v) is 3.47. The monoisotopic (exact) mass is 436 g/mol. The second-order valence-corrected chi connectivity index (χ2v) is 6.85. The number of halogens is 2. The molecule has 0 saturated carbocycles. The Labute approximate surface area is 182 Å². The molecule has 3 aromatic carbocycles. The number of carbonyl (C=O) groups is 2. The van der Waals surface area contributed by atoms with Gasteiger partial charge in [0.25, 0.3) is 11.8 Å². The van der Waals surface area contributed by atoms with Crippen LogP contribution in [-0.4, -0.2) is 26.0 Å². The summed E-state index contributed by atoms with van der Waals surface area (Å²) in [5, 5.41) is 2.96. The van der Waals surface area contributed by atoms with Gasteiger partial charge in [0.2, 0.25) is 0 Å². The van der Waals surface area contributed by atoms with Crippen LogP contribution in [0.2, 0.25) is 0 Å². The van der Waals surface area contributed by atoms with E-state index in [2.05, 4.69) is 5.32 Å². The molecular weight excluding hydrogens is 418 g/mol. The van der Waals surface area contributed by atoms with Gasteiger partial charge in [-0.3, -0.25) is 9.59 Å². The molecule has 0 spiro atoms. The molecule has 1 N–H and O–H groups in total. The van der Waals surface area contributed by atoms with E-state index in [1.807, 2.05) is 0 Å². The van der Waals surface area contributed by atoms with Crippen molar-refractivity contribution in [2.45, 2.75) is 0 Å². The summed E-state index contributed by atoms with van der Waals surface area (Å²) in [6.07, 6.45) is 0. The van der Waals surface area contributed by atoms with E-state index >= 15 is 0 Å². The van der Waals surface area contributed by atoms with E-state index in [0.717, 1.165) is 12.1 Å². The third-order valence-corrected chi connectivity index (χ3v) is 4.95. The zero-order chi connectivity index (χ0) is 22.8. The topological polar surface area (TPSA) is 67.9 Å². The lowest BCUT2D eigenvalue weighted by Crippen LogP contribution is -2.33. The van der Waals surface area contributed by atoms with Gasteiger partial charge in [0, 0.05) is 23.4 Å². The zero-order valence-electron chi connectivity index (χ0n) is 17.2. The van der Waals surface area contributed by atoms with Crippen LogP contribution in [0.15, 0.2) is 72.4 Å². The van der Waals surface area contributed by atoms with E-state index in [-0.39, 0.29) is 17.0 Å². The number of para-hydroxylation sites is 1. The lowest BCUT2D eigenvalue weighted by Gasteiger charge is -2.16. The highest BCUT2D eigenvalue weighted by atomic mass is 19.1. The summed E-state index contributed by atoms with van der Waals surface area (Å²) in [7, 11) is 2.94. The van der Waals surface area contributed by atoms with Crippen molar-refractivity contribution < 1.29 is 27.8 Å². The van der Waals surface area contributed by atoms with E-state index in [0.29, 0.717) is 33.7 Å². The van der Waals surface area contributed by atoms with Crippen molar-refractivity contribution in [3.05, 3.63) is 89.6 Å². The zero-order valence-corrected chi connectivity index (χ0v) is 17.2. The predicted octanol–water partition coefficient (Wildman–Crippen LogP) is 4.38. The van der Waals surface area contributed by atoms with Crippen molar-refractivity contribution in [3.63, 3.8) is 0 Å². The van der Waals surface area contributed by atoms with Crippen LogP contribution in [0.25, 0.3) is 5.57 Å². The molecule has 1 heterocycles. The minimum absolute atomic E-state index is 0.000931. The maximum Gasteiger partial charge on any atom is 0.282 e. The highest BCUT2D eigenvalue weighted by Crippen LogP contribution is 2.38. The Kier molecular flexibility index (Phi) is 5.59. The number of nitrogens with one attached hydrogen (secondary N) is 1. The summed E-state index contributed by atoms with van der Waals surface area (Å²) in [5.74, 6) is -2.52. The first-order valence-corrected chi connectivity index (χ1v) is 9.57. The molecule has 1 aliphatic heterocycles. The fourth-order valence-electron chi connectivity index (χ4n) is 3.47. The van der Waals surface area contributed by atoms with E-state index in [1.165, 1.54) is 14.2 Å². The molecule has 0 unspecified atom stereocenters. The Morgan fingerprint density at radius 3 is 2.34 bits per heavy atom. The number of benzene rings is 3. The largest absolute Gasteiger partial charge is 0.497 e. The van der Waals surface area contributed by atoms with Crippen molar-refractivity contribution in [2.75, 3.05) is 24.4 Å². The molecular formula is C24H18F2N2O4. The number of amides is 2. The Balaban J connectivity index is 1.87. The van der Waals surface area contributed by atoms with Gasteiger partial charge < -0.3 is 14.8 Å². The second kappa shape index (κ2) is 8.50. The van der Waals surface area contributed by atoms with Gasteiger partial charge in [0.1, 0.15) is 28.8 Å². The van der Waals surface area contributed by atoms with Gasteiger partial charge in [-0.15, -0.1) is 0 Å². The van der Waals surface area contributed by atoms with Crippen LogP contribution in [0.4, 0.5) is 20.2 Å². The van der Waals surface area contributed by atoms with Gasteiger partial charge in [-0.1, -0.05) is 24.3 Å². The summed E-state index contributed by atoms with van der Waals surface area (Å²) in [4.78, 5) is 27.4. The first-order valence-electron chi connectivity index (χ1n) is 9.57. The van der Waals surface area contributed by atoms with Crippen molar-refractivity contribution in [1.29, 1.82) is 0 Å². The van der Waals surface area contributed by atoms with E-state index < -0.39 is 23.4 Å². The SMILES string of the molecule is COc1cccc(NC2=C(c3ccccc3OC)C(=O)N(c3ccc(F)cc3F)C2=O)c1. The van der Waals surface area contributed by atoms with Gasteiger partial charge in [-0.05, 0) is 30.3 Å². The molecule has 0 saturated heterocycles. The molecule has 4 rings (SSSR count). The molecule has 0 bridgehead atoms. The first kappa shape index (κ1) is 21.0. The maximum absolute atomic E-state index is 14.5. The number of imide groups is 1. The Morgan fingerprint density at radius 2 is 1.62 bits per heavy atom. The lowest BCUT2D eigenvalue weighted by atomic mass is 10.0. The smallest absolute Gasteiger partial charge is 0.282 e. The average molecular weight is 436 g/mol. The van der Waals surface area contributed by atoms with Crippen LogP contribution in [-0.2, 0) is 9.59 Å². The average Bonchev–Trinajstić information content (AvgIpc) is 3.03. The van der Waals surface area contributed by atoms with Crippen LogP contribution in [0.3, 0.4) is 0 Å². The van der Waals surface area contributed by atoms with E-state index in [4.69, 9.17) is 9.47 Å². The van der Waals surface area contributed by atoms with Crippen LogP contribution >= 0.6 is 0 Å². The maximum atomic E-state index is 14.5. The third-order valence-electron chi connectivity index (χ3n) is 4.95. The van der Waals surface area contributed by atoms with Crippen LogP contribution in [0.1, 0.15) is 5.56 Å². The van der Waals surface area contributed by atoms with Crippen molar-refractivity contribution in [1.82, 2.24) is 0 Å². The minimum atomic E-state index is -1.03.